The maximum Gasteiger partial charge on any atom is 0.262 e. The van der Waals surface area contributed by atoms with Crippen LogP contribution in [0.2, 0.25) is 0 Å². The Bertz CT molecular complexity index is 717. The molecule has 1 aliphatic heterocycles. The summed E-state index contributed by atoms with van der Waals surface area (Å²) in [6, 6.07) is 6.65. The van der Waals surface area contributed by atoms with Crippen molar-refractivity contribution in [1.29, 1.82) is 0 Å². The molecule has 0 radical (unpaired) electrons. The number of nitrogens with zero attached hydrogens (tertiary/aromatic N) is 2. The number of aromatic nitrogens is 2. The summed E-state index contributed by atoms with van der Waals surface area (Å²) in [4.78, 5) is 16.1. The van der Waals surface area contributed by atoms with Gasteiger partial charge in [-0.15, -0.1) is 0 Å². The van der Waals surface area contributed by atoms with Gasteiger partial charge in [0.25, 0.3) is 11.8 Å². The van der Waals surface area contributed by atoms with Crippen molar-refractivity contribution in [3.05, 3.63) is 35.7 Å². The molecule has 0 spiro atoms. The molecular weight excluding hydrogens is 306 g/mol. The number of nitrogens with one attached hydrogen (secondary N) is 2. The Morgan fingerprint density at radius 1 is 1.48 bits per heavy atom. The number of hydrogen-bond donors (Lipinski definition) is 2. The predicted molar refractivity (Wildman–Crippen MR) is 77.7 cm³/mol. The van der Waals surface area contributed by atoms with Crippen LogP contribution in [0.15, 0.2) is 28.8 Å². The molecule has 1 aromatic carbocycles. The number of halogens is 2. The highest BCUT2D eigenvalue weighted by Crippen LogP contribution is 2.25. The van der Waals surface area contributed by atoms with E-state index in [9.17, 15) is 13.6 Å². The average molecular weight is 322 g/mol. The highest BCUT2D eigenvalue weighted by molar-refractivity contribution is 5.82. The van der Waals surface area contributed by atoms with Gasteiger partial charge in [0.1, 0.15) is 0 Å². The van der Waals surface area contributed by atoms with Crippen molar-refractivity contribution in [2.75, 3.05) is 6.54 Å². The highest BCUT2D eigenvalue weighted by Gasteiger charge is 2.42. The standard InChI is InChI=1S/C15H16F2N4O2/c1-9-4-2-3-5-10(9)14-20-12(21-23-14)7-18-13(22)11-6-15(16,17)8-19-11/h2-5,11,19H,6-8H2,1H3,(H,18,22). The van der Waals surface area contributed by atoms with Crippen LogP contribution in [-0.2, 0) is 11.3 Å². The monoisotopic (exact) mass is 322 g/mol. The Balaban J connectivity index is 1.60. The van der Waals surface area contributed by atoms with Crippen LogP contribution in [0.25, 0.3) is 11.5 Å². The second kappa shape index (κ2) is 6.04. The fourth-order valence-electron chi connectivity index (χ4n) is 2.44. The van der Waals surface area contributed by atoms with Crippen molar-refractivity contribution in [1.82, 2.24) is 20.8 Å². The summed E-state index contributed by atoms with van der Waals surface area (Å²) in [5.41, 5.74) is 1.80. The van der Waals surface area contributed by atoms with Gasteiger partial charge in [0.05, 0.1) is 19.1 Å². The molecule has 1 aromatic heterocycles. The van der Waals surface area contributed by atoms with E-state index in [-0.39, 0.29) is 6.54 Å². The zero-order chi connectivity index (χ0) is 16.4. The molecule has 1 fully saturated rings. The van der Waals surface area contributed by atoms with Gasteiger partial charge in [0.15, 0.2) is 5.82 Å². The Morgan fingerprint density at radius 2 is 2.26 bits per heavy atom. The van der Waals surface area contributed by atoms with E-state index in [1.807, 2.05) is 31.2 Å². The van der Waals surface area contributed by atoms with Crippen molar-refractivity contribution in [3.63, 3.8) is 0 Å². The van der Waals surface area contributed by atoms with Crippen molar-refractivity contribution in [2.45, 2.75) is 31.9 Å². The molecule has 0 bridgehead atoms. The number of benzene rings is 1. The second-order valence-corrected chi connectivity index (χ2v) is 5.54. The molecule has 1 aliphatic rings. The van der Waals surface area contributed by atoms with Crippen molar-refractivity contribution >= 4 is 5.91 Å². The number of rotatable bonds is 4. The molecule has 1 unspecified atom stereocenters. The van der Waals surface area contributed by atoms with Crippen LogP contribution < -0.4 is 10.6 Å². The number of carbonyl (C=O) groups is 1. The third-order valence-corrected chi connectivity index (χ3v) is 3.69. The van der Waals surface area contributed by atoms with E-state index in [1.54, 1.807) is 0 Å². The fraction of sp³-hybridized carbons (Fsp3) is 0.400. The molecule has 1 saturated heterocycles. The Hall–Kier alpha value is -2.35. The van der Waals surface area contributed by atoms with E-state index in [0.29, 0.717) is 11.7 Å². The first-order chi connectivity index (χ1) is 10.9. The molecule has 0 saturated carbocycles. The zero-order valence-electron chi connectivity index (χ0n) is 12.5. The van der Waals surface area contributed by atoms with Crippen molar-refractivity contribution in [3.8, 4) is 11.5 Å². The van der Waals surface area contributed by atoms with Crippen molar-refractivity contribution < 1.29 is 18.1 Å². The number of carbonyl (C=O) groups excluding carboxylic acids is 1. The topological polar surface area (TPSA) is 80.0 Å². The fourth-order valence-corrected chi connectivity index (χ4v) is 2.44. The lowest BCUT2D eigenvalue weighted by molar-refractivity contribution is -0.123. The van der Waals surface area contributed by atoms with Gasteiger partial charge in [-0.25, -0.2) is 8.78 Å². The molecule has 2 heterocycles. The van der Waals surface area contributed by atoms with Gasteiger partial charge in [-0.1, -0.05) is 23.4 Å². The molecule has 2 aromatic rings. The lowest BCUT2D eigenvalue weighted by Gasteiger charge is -2.09. The molecule has 2 N–H and O–H groups in total. The lowest BCUT2D eigenvalue weighted by Crippen LogP contribution is -2.40. The van der Waals surface area contributed by atoms with Crippen LogP contribution >= 0.6 is 0 Å². The van der Waals surface area contributed by atoms with E-state index in [4.69, 9.17) is 4.52 Å². The lowest BCUT2D eigenvalue weighted by atomic mass is 10.1. The number of amides is 1. The van der Waals surface area contributed by atoms with Crippen LogP contribution in [0.3, 0.4) is 0 Å². The van der Waals surface area contributed by atoms with Gasteiger partial charge in [0, 0.05) is 12.0 Å². The number of aryl methyl sites for hydroxylation is 1. The summed E-state index contributed by atoms with van der Waals surface area (Å²) in [5.74, 6) is -2.68. The van der Waals surface area contributed by atoms with E-state index in [1.165, 1.54) is 0 Å². The molecule has 0 aliphatic carbocycles. The third kappa shape index (κ3) is 3.53. The number of alkyl halides is 2. The molecule has 23 heavy (non-hydrogen) atoms. The van der Waals surface area contributed by atoms with Gasteiger partial charge < -0.3 is 9.84 Å². The minimum Gasteiger partial charge on any atom is -0.347 e. The average Bonchev–Trinajstić information content (AvgIpc) is 3.12. The molecule has 1 amide bonds. The third-order valence-electron chi connectivity index (χ3n) is 3.69. The molecule has 1 atom stereocenters. The van der Waals surface area contributed by atoms with E-state index in [0.717, 1.165) is 11.1 Å². The van der Waals surface area contributed by atoms with Crippen LogP contribution in [0, 0.1) is 6.92 Å². The van der Waals surface area contributed by atoms with Crippen LogP contribution in [0.1, 0.15) is 17.8 Å². The summed E-state index contributed by atoms with van der Waals surface area (Å²) in [7, 11) is 0. The molecular formula is C15H16F2N4O2. The maximum absolute atomic E-state index is 13.1. The predicted octanol–water partition coefficient (Wildman–Crippen LogP) is 1.66. The summed E-state index contributed by atoms with van der Waals surface area (Å²) in [6.07, 6.45) is -0.500. The molecule has 6 nitrogen and oxygen atoms in total. The van der Waals surface area contributed by atoms with Gasteiger partial charge in [0.2, 0.25) is 5.91 Å². The van der Waals surface area contributed by atoms with Crippen LogP contribution in [-0.4, -0.2) is 34.6 Å². The summed E-state index contributed by atoms with van der Waals surface area (Å²) in [5, 5.41) is 8.82. The summed E-state index contributed by atoms with van der Waals surface area (Å²) < 4.78 is 31.3. The first-order valence-corrected chi connectivity index (χ1v) is 7.22. The van der Waals surface area contributed by atoms with Gasteiger partial charge in [-0.3, -0.25) is 10.1 Å². The van der Waals surface area contributed by atoms with E-state index >= 15 is 0 Å². The zero-order valence-corrected chi connectivity index (χ0v) is 12.5. The van der Waals surface area contributed by atoms with Gasteiger partial charge >= 0.3 is 0 Å². The molecule has 3 rings (SSSR count). The van der Waals surface area contributed by atoms with Crippen molar-refractivity contribution in [2.24, 2.45) is 0 Å². The minimum atomic E-state index is -2.84. The number of hydrogen-bond acceptors (Lipinski definition) is 5. The van der Waals surface area contributed by atoms with Crippen LogP contribution in [0.5, 0.6) is 0 Å². The minimum absolute atomic E-state index is 0.0258. The highest BCUT2D eigenvalue weighted by atomic mass is 19.3. The second-order valence-electron chi connectivity index (χ2n) is 5.54. The SMILES string of the molecule is Cc1ccccc1-c1nc(CNC(=O)C2CC(F)(F)CN2)no1. The largest absolute Gasteiger partial charge is 0.347 e. The van der Waals surface area contributed by atoms with Gasteiger partial charge in [-0.2, -0.15) is 4.98 Å². The summed E-state index contributed by atoms with van der Waals surface area (Å²) >= 11 is 0. The molecule has 8 heteroatoms. The van der Waals surface area contributed by atoms with Crippen LogP contribution in [0.4, 0.5) is 8.78 Å². The van der Waals surface area contributed by atoms with E-state index in [2.05, 4.69) is 20.8 Å². The van der Waals surface area contributed by atoms with Gasteiger partial charge in [-0.05, 0) is 18.6 Å². The Kier molecular flexibility index (Phi) is 4.08. The Labute approximate surface area is 131 Å². The summed E-state index contributed by atoms with van der Waals surface area (Å²) in [6.45, 7) is 1.47. The Morgan fingerprint density at radius 3 is 2.96 bits per heavy atom. The van der Waals surface area contributed by atoms with E-state index < -0.39 is 30.8 Å². The molecule has 122 valence electrons. The normalized spacial score (nSPS) is 19.7. The first-order valence-electron chi connectivity index (χ1n) is 7.22. The first kappa shape index (κ1) is 15.5. The maximum atomic E-state index is 13.1. The quantitative estimate of drug-likeness (QED) is 0.895. The smallest absolute Gasteiger partial charge is 0.262 e.